The monoisotopic (exact) mass is 334 g/mol. The van der Waals surface area contributed by atoms with Crippen LogP contribution in [0.2, 0.25) is 0 Å². The Hall–Kier alpha value is -0.550. The fraction of sp³-hybridized carbons (Fsp3) is 0.300. The van der Waals surface area contributed by atoms with Gasteiger partial charge in [-0.1, -0.05) is 37.9 Å². The number of nitrogens with zero attached hydrogens (tertiary/aromatic N) is 1. The molecule has 0 spiro atoms. The summed E-state index contributed by atoms with van der Waals surface area (Å²) >= 11 is 6.63. The van der Waals surface area contributed by atoms with E-state index >= 15 is 0 Å². The number of benzene rings is 1. The van der Waals surface area contributed by atoms with Crippen molar-refractivity contribution in [3.05, 3.63) is 28.7 Å². The van der Waals surface area contributed by atoms with Gasteiger partial charge < -0.3 is 10.2 Å². The van der Waals surface area contributed by atoms with E-state index in [1.54, 1.807) is 11.9 Å². The first kappa shape index (κ1) is 12.5. The third-order valence-electron chi connectivity index (χ3n) is 1.84. The van der Waals surface area contributed by atoms with E-state index in [1.165, 1.54) is 0 Å². The van der Waals surface area contributed by atoms with Gasteiger partial charge >= 0.3 is 6.03 Å². The number of urea groups is 1. The zero-order valence-corrected chi connectivity index (χ0v) is 11.5. The van der Waals surface area contributed by atoms with Crippen molar-refractivity contribution in [1.29, 1.82) is 0 Å². The summed E-state index contributed by atoms with van der Waals surface area (Å²) in [5.74, 6) is 0. The molecule has 1 N–H and O–H groups in total. The highest BCUT2D eigenvalue weighted by atomic mass is 79.9. The van der Waals surface area contributed by atoms with Crippen molar-refractivity contribution in [1.82, 2.24) is 4.90 Å². The van der Waals surface area contributed by atoms with Crippen molar-refractivity contribution in [2.75, 3.05) is 24.2 Å². The van der Waals surface area contributed by atoms with Gasteiger partial charge in [-0.15, -0.1) is 0 Å². The Morgan fingerprint density at radius 2 is 2.27 bits per heavy atom. The van der Waals surface area contributed by atoms with Gasteiger partial charge in [0.25, 0.3) is 0 Å². The maximum absolute atomic E-state index is 11.6. The molecule has 0 atom stereocenters. The highest BCUT2D eigenvalue weighted by molar-refractivity contribution is 9.10. The zero-order valence-electron chi connectivity index (χ0n) is 8.34. The van der Waals surface area contributed by atoms with Gasteiger partial charge in [0, 0.05) is 29.1 Å². The summed E-state index contributed by atoms with van der Waals surface area (Å²) < 4.78 is 0.948. The highest BCUT2D eigenvalue weighted by Gasteiger charge is 2.07. The van der Waals surface area contributed by atoms with E-state index in [0.29, 0.717) is 6.54 Å². The summed E-state index contributed by atoms with van der Waals surface area (Å²) in [7, 11) is 1.76. The van der Waals surface area contributed by atoms with E-state index in [9.17, 15) is 4.79 Å². The number of hydrogen-bond donors (Lipinski definition) is 1. The molecule has 0 fully saturated rings. The molecule has 1 aromatic rings. The van der Waals surface area contributed by atoms with Crippen LogP contribution in [-0.4, -0.2) is 29.9 Å². The highest BCUT2D eigenvalue weighted by Crippen LogP contribution is 2.15. The molecule has 82 valence electrons. The van der Waals surface area contributed by atoms with E-state index in [2.05, 4.69) is 37.2 Å². The molecule has 0 aromatic heterocycles. The van der Waals surface area contributed by atoms with Crippen molar-refractivity contribution in [2.45, 2.75) is 0 Å². The average molecular weight is 336 g/mol. The van der Waals surface area contributed by atoms with Gasteiger partial charge in [-0.2, -0.15) is 0 Å². The van der Waals surface area contributed by atoms with E-state index in [4.69, 9.17) is 0 Å². The van der Waals surface area contributed by atoms with Crippen LogP contribution in [0.4, 0.5) is 10.5 Å². The number of rotatable bonds is 3. The van der Waals surface area contributed by atoms with Crippen LogP contribution in [0, 0.1) is 0 Å². The van der Waals surface area contributed by atoms with Crippen LogP contribution in [0.3, 0.4) is 0 Å². The third kappa shape index (κ3) is 4.22. The summed E-state index contributed by atoms with van der Waals surface area (Å²) in [6, 6.07) is 7.40. The van der Waals surface area contributed by atoms with E-state index in [0.717, 1.165) is 15.5 Å². The fourth-order valence-electron chi connectivity index (χ4n) is 1.01. The van der Waals surface area contributed by atoms with Gasteiger partial charge in [0.05, 0.1) is 0 Å². The summed E-state index contributed by atoms with van der Waals surface area (Å²) in [6.07, 6.45) is 0. The lowest BCUT2D eigenvalue weighted by molar-refractivity contribution is 0.225. The summed E-state index contributed by atoms with van der Waals surface area (Å²) in [4.78, 5) is 13.2. The Morgan fingerprint density at radius 3 is 2.87 bits per heavy atom. The van der Waals surface area contributed by atoms with E-state index in [1.807, 2.05) is 24.3 Å². The quantitative estimate of drug-likeness (QED) is 0.844. The van der Waals surface area contributed by atoms with Crippen molar-refractivity contribution in [3.63, 3.8) is 0 Å². The molecule has 15 heavy (non-hydrogen) atoms. The minimum absolute atomic E-state index is 0.104. The summed E-state index contributed by atoms with van der Waals surface area (Å²) in [5.41, 5.74) is 0.788. The Morgan fingerprint density at radius 1 is 1.53 bits per heavy atom. The first-order valence-electron chi connectivity index (χ1n) is 4.47. The van der Waals surface area contributed by atoms with Gasteiger partial charge in [0.2, 0.25) is 0 Å². The second-order valence-electron chi connectivity index (χ2n) is 3.05. The van der Waals surface area contributed by atoms with Gasteiger partial charge in [-0.3, -0.25) is 0 Å². The van der Waals surface area contributed by atoms with Crippen molar-refractivity contribution in [2.24, 2.45) is 0 Å². The average Bonchev–Trinajstić information content (AvgIpc) is 2.18. The minimum atomic E-state index is -0.104. The molecular weight excluding hydrogens is 324 g/mol. The molecule has 3 nitrogen and oxygen atoms in total. The van der Waals surface area contributed by atoms with E-state index in [-0.39, 0.29) is 6.03 Å². The van der Waals surface area contributed by atoms with Crippen molar-refractivity contribution in [3.8, 4) is 0 Å². The number of carbonyl (C=O) groups is 1. The lowest BCUT2D eigenvalue weighted by Gasteiger charge is -2.16. The van der Waals surface area contributed by atoms with Gasteiger partial charge in [0.1, 0.15) is 0 Å². The number of alkyl halides is 1. The lowest BCUT2D eigenvalue weighted by atomic mass is 10.3. The molecule has 0 bridgehead atoms. The zero-order chi connectivity index (χ0) is 11.3. The maximum Gasteiger partial charge on any atom is 0.321 e. The van der Waals surface area contributed by atoms with Crippen LogP contribution in [0.1, 0.15) is 0 Å². The second kappa shape index (κ2) is 6.12. The number of carbonyl (C=O) groups excluding carboxylic acids is 1. The molecule has 0 aliphatic rings. The van der Waals surface area contributed by atoms with Crippen LogP contribution < -0.4 is 5.32 Å². The molecule has 2 amide bonds. The Balaban J connectivity index is 2.58. The van der Waals surface area contributed by atoms with E-state index < -0.39 is 0 Å². The largest absolute Gasteiger partial charge is 0.327 e. The Bertz CT molecular complexity index is 344. The van der Waals surface area contributed by atoms with Crippen molar-refractivity contribution < 1.29 is 4.79 Å². The Kier molecular flexibility index (Phi) is 5.11. The molecular formula is C10H12Br2N2O. The molecule has 0 aliphatic carbocycles. The fourth-order valence-corrected chi connectivity index (χ4v) is 1.94. The molecule has 5 heteroatoms. The topological polar surface area (TPSA) is 32.3 Å². The first-order valence-corrected chi connectivity index (χ1v) is 6.38. The minimum Gasteiger partial charge on any atom is -0.327 e. The molecule has 1 rings (SSSR count). The number of halogens is 2. The number of nitrogens with one attached hydrogen (secondary N) is 1. The molecule has 1 aromatic carbocycles. The third-order valence-corrected chi connectivity index (χ3v) is 2.69. The van der Waals surface area contributed by atoms with Crippen molar-refractivity contribution >= 4 is 43.6 Å². The van der Waals surface area contributed by atoms with Gasteiger partial charge in [0.15, 0.2) is 0 Å². The molecule has 0 unspecified atom stereocenters. The molecule has 0 radical (unpaired) electrons. The van der Waals surface area contributed by atoms with Crippen LogP contribution in [0.25, 0.3) is 0 Å². The predicted molar refractivity (Wildman–Crippen MR) is 69.6 cm³/mol. The van der Waals surface area contributed by atoms with Gasteiger partial charge in [-0.05, 0) is 18.2 Å². The standard InChI is InChI=1S/C10H12Br2N2O/c1-14(6-5-11)10(15)13-9-4-2-3-8(12)7-9/h2-4,7H,5-6H2,1H3,(H,13,15). The second-order valence-corrected chi connectivity index (χ2v) is 4.76. The Labute approximate surface area is 106 Å². The molecule has 0 saturated heterocycles. The smallest absolute Gasteiger partial charge is 0.321 e. The number of amides is 2. The summed E-state index contributed by atoms with van der Waals surface area (Å²) in [6.45, 7) is 0.680. The molecule has 0 saturated carbocycles. The lowest BCUT2D eigenvalue weighted by Crippen LogP contribution is -2.32. The molecule has 0 aliphatic heterocycles. The summed E-state index contributed by atoms with van der Waals surface area (Å²) in [5, 5.41) is 3.58. The van der Waals surface area contributed by atoms with Crippen LogP contribution in [-0.2, 0) is 0 Å². The van der Waals surface area contributed by atoms with Crippen LogP contribution >= 0.6 is 31.9 Å². The number of anilines is 1. The predicted octanol–water partition coefficient (Wildman–Crippen LogP) is 3.31. The molecule has 0 heterocycles. The number of hydrogen-bond acceptors (Lipinski definition) is 1. The SMILES string of the molecule is CN(CCBr)C(=O)Nc1cccc(Br)c1. The van der Waals surface area contributed by atoms with Crippen LogP contribution in [0.5, 0.6) is 0 Å². The normalized spacial score (nSPS) is 9.80. The van der Waals surface area contributed by atoms with Crippen LogP contribution in [0.15, 0.2) is 28.7 Å². The first-order chi connectivity index (χ1) is 7.13. The van der Waals surface area contributed by atoms with Gasteiger partial charge in [-0.25, -0.2) is 4.79 Å². The maximum atomic E-state index is 11.6.